The molecule has 20 heavy (non-hydrogen) atoms. The largest absolute Gasteiger partial charge is 0.397 e. The number of nitrogen functional groups attached to an aromatic ring is 1. The Morgan fingerprint density at radius 3 is 2.60 bits per heavy atom. The molecule has 0 bridgehead atoms. The first-order valence-corrected chi connectivity index (χ1v) is 6.40. The van der Waals surface area contributed by atoms with Crippen molar-refractivity contribution in [3.05, 3.63) is 57.9 Å². The maximum absolute atomic E-state index is 13.8. The second-order valence-electron chi connectivity index (χ2n) is 4.58. The van der Waals surface area contributed by atoms with E-state index in [1.165, 1.54) is 18.2 Å². The number of benzene rings is 2. The van der Waals surface area contributed by atoms with Gasteiger partial charge in [0.15, 0.2) is 5.82 Å². The van der Waals surface area contributed by atoms with E-state index < -0.39 is 11.7 Å². The average molecular weight is 293 g/mol. The molecule has 0 fully saturated rings. The van der Waals surface area contributed by atoms with Crippen molar-refractivity contribution in [2.45, 2.75) is 13.8 Å². The van der Waals surface area contributed by atoms with E-state index in [1.807, 2.05) is 13.8 Å². The van der Waals surface area contributed by atoms with Crippen LogP contribution < -0.4 is 11.1 Å². The first-order valence-electron chi connectivity index (χ1n) is 6.02. The molecule has 2 aromatic rings. The predicted molar refractivity (Wildman–Crippen MR) is 79.7 cm³/mol. The van der Waals surface area contributed by atoms with Gasteiger partial charge in [0, 0.05) is 0 Å². The molecule has 0 aromatic heterocycles. The van der Waals surface area contributed by atoms with Gasteiger partial charge >= 0.3 is 0 Å². The molecule has 0 unspecified atom stereocenters. The standard InChI is InChI=1S/C15H14ClFN2O/c1-8-6-12(18)13(7-9(8)2)19-15(20)10-4-3-5-11(16)14(10)17/h3-7H,18H2,1-2H3,(H,19,20). The fraction of sp³-hybridized carbons (Fsp3) is 0.133. The summed E-state index contributed by atoms with van der Waals surface area (Å²) < 4.78 is 13.8. The van der Waals surface area contributed by atoms with Gasteiger partial charge in [-0.1, -0.05) is 17.7 Å². The molecule has 0 atom stereocenters. The number of amides is 1. The van der Waals surface area contributed by atoms with Gasteiger partial charge in [-0.05, 0) is 49.2 Å². The van der Waals surface area contributed by atoms with Crippen molar-refractivity contribution in [1.29, 1.82) is 0 Å². The molecule has 0 aliphatic heterocycles. The maximum Gasteiger partial charge on any atom is 0.258 e. The third-order valence-corrected chi connectivity index (χ3v) is 3.40. The zero-order valence-electron chi connectivity index (χ0n) is 11.1. The number of halogens is 2. The number of aryl methyl sites for hydroxylation is 2. The van der Waals surface area contributed by atoms with Crippen LogP contribution in [0.1, 0.15) is 21.5 Å². The van der Waals surface area contributed by atoms with Crippen molar-refractivity contribution in [3.8, 4) is 0 Å². The highest BCUT2D eigenvalue weighted by molar-refractivity contribution is 6.31. The Morgan fingerprint density at radius 1 is 1.25 bits per heavy atom. The van der Waals surface area contributed by atoms with Gasteiger partial charge in [-0.15, -0.1) is 0 Å². The highest BCUT2D eigenvalue weighted by atomic mass is 35.5. The van der Waals surface area contributed by atoms with Crippen molar-refractivity contribution in [3.63, 3.8) is 0 Å². The van der Waals surface area contributed by atoms with Gasteiger partial charge in [-0.2, -0.15) is 0 Å². The normalized spacial score (nSPS) is 10.4. The molecule has 0 aliphatic carbocycles. The molecular formula is C15H14ClFN2O. The third-order valence-electron chi connectivity index (χ3n) is 3.11. The van der Waals surface area contributed by atoms with Crippen LogP contribution in [0, 0.1) is 19.7 Å². The Labute approximate surface area is 121 Å². The number of anilines is 2. The fourth-order valence-electron chi connectivity index (χ4n) is 1.82. The van der Waals surface area contributed by atoms with E-state index in [1.54, 1.807) is 12.1 Å². The van der Waals surface area contributed by atoms with Crippen LogP contribution in [0.15, 0.2) is 30.3 Å². The van der Waals surface area contributed by atoms with Crippen LogP contribution in [0.2, 0.25) is 5.02 Å². The molecular weight excluding hydrogens is 279 g/mol. The predicted octanol–water partition coefficient (Wildman–Crippen LogP) is 3.93. The van der Waals surface area contributed by atoms with Crippen LogP contribution in [0.3, 0.4) is 0 Å². The van der Waals surface area contributed by atoms with Crippen LogP contribution >= 0.6 is 11.6 Å². The number of carbonyl (C=O) groups is 1. The summed E-state index contributed by atoms with van der Waals surface area (Å²) in [6.45, 7) is 3.83. The third kappa shape index (κ3) is 2.75. The molecule has 0 radical (unpaired) electrons. The fourth-order valence-corrected chi connectivity index (χ4v) is 1.99. The summed E-state index contributed by atoms with van der Waals surface area (Å²) in [4.78, 5) is 12.1. The molecule has 0 spiro atoms. The van der Waals surface area contributed by atoms with Gasteiger partial charge in [0.25, 0.3) is 5.91 Å². The Kier molecular flexibility index (Phi) is 3.95. The van der Waals surface area contributed by atoms with E-state index >= 15 is 0 Å². The van der Waals surface area contributed by atoms with Gasteiger partial charge in [-0.3, -0.25) is 4.79 Å². The monoisotopic (exact) mass is 292 g/mol. The Hall–Kier alpha value is -2.07. The molecule has 104 valence electrons. The Bertz CT molecular complexity index is 686. The molecule has 0 saturated heterocycles. The lowest BCUT2D eigenvalue weighted by molar-refractivity contribution is 0.102. The first kappa shape index (κ1) is 14.3. The minimum absolute atomic E-state index is 0.0919. The molecule has 0 aliphatic rings. The summed E-state index contributed by atoms with van der Waals surface area (Å²) in [5, 5.41) is 2.51. The quantitative estimate of drug-likeness (QED) is 0.824. The summed E-state index contributed by atoms with van der Waals surface area (Å²) in [5.74, 6) is -1.32. The number of nitrogens with two attached hydrogens (primary N) is 1. The van der Waals surface area contributed by atoms with Crippen LogP contribution in [0.5, 0.6) is 0 Å². The number of hydrogen-bond acceptors (Lipinski definition) is 2. The molecule has 0 heterocycles. The lowest BCUT2D eigenvalue weighted by atomic mass is 10.1. The number of hydrogen-bond donors (Lipinski definition) is 2. The number of nitrogens with one attached hydrogen (secondary N) is 1. The molecule has 5 heteroatoms. The van der Waals surface area contributed by atoms with Gasteiger partial charge in [0.1, 0.15) is 0 Å². The van der Waals surface area contributed by atoms with Crippen molar-refractivity contribution < 1.29 is 9.18 Å². The second kappa shape index (κ2) is 5.51. The van der Waals surface area contributed by atoms with E-state index in [4.69, 9.17) is 17.3 Å². The number of rotatable bonds is 2. The van der Waals surface area contributed by atoms with Gasteiger partial charge in [-0.25, -0.2) is 4.39 Å². The van der Waals surface area contributed by atoms with E-state index in [2.05, 4.69) is 5.32 Å². The second-order valence-corrected chi connectivity index (χ2v) is 4.99. The van der Waals surface area contributed by atoms with Crippen LogP contribution in [-0.4, -0.2) is 5.91 Å². The lowest BCUT2D eigenvalue weighted by Crippen LogP contribution is -2.15. The van der Waals surface area contributed by atoms with Crippen LogP contribution in [-0.2, 0) is 0 Å². The Balaban J connectivity index is 2.33. The highest BCUT2D eigenvalue weighted by Crippen LogP contribution is 2.25. The van der Waals surface area contributed by atoms with Crippen molar-refractivity contribution in [1.82, 2.24) is 0 Å². The highest BCUT2D eigenvalue weighted by Gasteiger charge is 2.15. The number of carbonyl (C=O) groups excluding carboxylic acids is 1. The van der Waals surface area contributed by atoms with Crippen LogP contribution in [0.25, 0.3) is 0 Å². The summed E-state index contributed by atoms with van der Waals surface area (Å²) in [6, 6.07) is 7.79. The van der Waals surface area contributed by atoms with Crippen LogP contribution in [0.4, 0.5) is 15.8 Å². The van der Waals surface area contributed by atoms with Crippen molar-refractivity contribution >= 4 is 28.9 Å². The van der Waals surface area contributed by atoms with Gasteiger partial charge in [0.05, 0.1) is 22.0 Å². The SMILES string of the molecule is Cc1cc(N)c(NC(=O)c2cccc(Cl)c2F)cc1C. The summed E-state index contributed by atoms with van der Waals surface area (Å²) in [6.07, 6.45) is 0. The van der Waals surface area contributed by atoms with E-state index in [0.717, 1.165) is 11.1 Å². The van der Waals surface area contributed by atoms with Gasteiger partial charge in [0.2, 0.25) is 0 Å². The minimum atomic E-state index is -0.742. The van der Waals surface area contributed by atoms with Crippen molar-refractivity contribution in [2.24, 2.45) is 0 Å². The minimum Gasteiger partial charge on any atom is -0.397 e. The molecule has 3 nitrogen and oxygen atoms in total. The van der Waals surface area contributed by atoms with Crippen molar-refractivity contribution in [2.75, 3.05) is 11.1 Å². The van der Waals surface area contributed by atoms with E-state index in [9.17, 15) is 9.18 Å². The molecule has 2 aromatic carbocycles. The summed E-state index contributed by atoms with van der Waals surface area (Å²) >= 11 is 5.66. The molecule has 2 rings (SSSR count). The van der Waals surface area contributed by atoms with E-state index in [-0.39, 0.29) is 10.6 Å². The smallest absolute Gasteiger partial charge is 0.258 e. The lowest BCUT2D eigenvalue weighted by Gasteiger charge is -2.11. The molecule has 0 saturated carbocycles. The topological polar surface area (TPSA) is 55.1 Å². The Morgan fingerprint density at radius 2 is 1.90 bits per heavy atom. The van der Waals surface area contributed by atoms with Gasteiger partial charge < -0.3 is 11.1 Å². The zero-order valence-corrected chi connectivity index (χ0v) is 11.9. The molecule has 3 N–H and O–H groups in total. The maximum atomic E-state index is 13.8. The average Bonchev–Trinajstić information content (AvgIpc) is 2.39. The molecule has 1 amide bonds. The summed E-state index contributed by atoms with van der Waals surface area (Å²) in [7, 11) is 0. The summed E-state index contributed by atoms with van der Waals surface area (Å²) in [5.41, 5.74) is 8.63. The first-order chi connectivity index (χ1) is 9.40. The zero-order chi connectivity index (χ0) is 14.9. The van der Waals surface area contributed by atoms with E-state index in [0.29, 0.717) is 11.4 Å².